The number of carbonyl (C=O) groups excluding carboxylic acids is 1. The van der Waals surface area contributed by atoms with Crippen LogP contribution in [0.25, 0.3) is 0 Å². The normalized spacial score (nSPS) is 24.0. The SMILES string of the molecule is O=C1CC[C@@H](C(=O)O)[C@H](c2ccc(F)c(F)c2)C1. The highest BCUT2D eigenvalue weighted by molar-refractivity contribution is 5.83. The molecule has 1 N–H and O–H groups in total. The van der Waals surface area contributed by atoms with Crippen LogP contribution in [0.3, 0.4) is 0 Å². The van der Waals surface area contributed by atoms with Gasteiger partial charge in [-0.2, -0.15) is 0 Å². The Hall–Kier alpha value is -1.78. The molecule has 0 amide bonds. The van der Waals surface area contributed by atoms with Gasteiger partial charge in [-0.3, -0.25) is 9.59 Å². The molecule has 1 aromatic carbocycles. The van der Waals surface area contributed by atoms with Crippen LogP contribution < -0.4 is 0 Å². The molecule has 0 radical (unpaired) electrons. The molecule has 0 aliphatic heterocycles. The predicted molar refractivity (Wildman–Crippen MR) is 59.1 cm³/mol. The standard InChI is InChI=1S/C13H12F2O3/c14-11-4-1-7(5-12(11)15)10-6-8(16)2-3-9(10)13(17)18/h1,4-5,9-10H,2-3,6H2,(H,17,18)/t9-,10+/m1/s1. The zero-order valence-corrected chi connectivity index (χ0v) is 9.53. The lowest BCUT2D eigenvalue weighted by atomic mass is 9.75. The first-order valence-electron chi connectivity index (χ1n) is 5.68. The van der Waals surface area contributed by atoms with Gasteiger partial charge < -0.3 is 5.11 Å². The van der Waals surface area contributed by atoms with Gasteiger partial charge in [-0.15, -0.1) is 0 Å². The molecule has 0 aromatic heterocycles. The van der Waals surface area contributed by atoms with Crippen molar-refractivity contribution in [3.63, 3.8) is 0 Å². The highest BCUT2D eigenvalue weighted by Crippen LogP contribution is 2.36. The van der Waals surface area contributed by atoms with Gasteiger partial charge in [0.15, 0.2) is 11.6 Å². The molecule has 2 rings (SSSR count). The minimum Gasteiger partial charge on any atom is -0.481 e. The molecule has 96 valence electrons. The second-order valence-corrected chi connectivity index (χ2v) is 4.51. The van der Waals surface area contributed by atoms with E-state index < -0.39 is 29.4 Å². The average molecular weight is 254 g/mol. The van der Waals surface area contributed by atoms with E-state index in [4.69, 9.17) is 5.11 Å². The van der Waals surface area contributed by atoms with Crippen molar-refractivity contribution < 1.29 is 23.5 Å². The molecule has 1 saturated carbocycles. The fourth-order valence-corrected chi connectivity index (χ4v) is 2.40. The van der Waals surface area contributed by atoms with E-state index in [0.717, 1.165) is 12.1 Å². The Morgan fingerprint density at radius 1 is 1.28 bits per heavy atom. The van der Waals surface area contributed by atoms with Gasteiger partial charge in [0.25, 0.3) is 0 Å². The molecule has 0 unspecified atom stereocenters. The van der Waals surface area contributed by atoms with Crippen molar-refractivity contribution in [2.24, 2.45) is 5.92 Å². The van der Waals surface area contributed by atoms with E-state index in [1.165, 1.54) is 6.07 Å². The van der Waals surface area contributed by atoms with Crippen LogP contribution in [-0.4, -0.2) is 16.9 Å². The maximum Gasteiger partial charge on any atom is 0.307 e. The van der Waals surface area contributed by atoms with Crippen molar-refractivity contribution in [2.45, 2.75) is 25.2 Å². The Morgan fingerprint density at radius 3 is 2.61 bits per heavy atom. The fourth-order valence-electron chi connectivity index (χ4n) is 2.40. The lowest BCUT2D eigenvalue weighted by Gasteiger charge is -2.28. The molecular formula is C13H12F2O3. The van der Waals surface area contributed by atoms with Gasteiger partial charge in [-0.1, -0.05) is 6.07 Å². The zero-order chi connectivity index (χ0) is 13.3. The number of carboxylic acids is 1. The van der Waals surface area contributed by atoms with E-state index in [-0.39, 0.29) is 25.0 Å². The number of hydrogen-bond donors (Lipinski definition) is 1. The molecule has 5 heteroatoms. The lowest BCUT2D eigenvalue weighted by Crippen LogP contribution is -2.29. The van der Waals surface area contributed by atoms with E-state index in [2.05, 4.69) is 0 Å². The second kappa shape index (κ2) is 4.84. The minimum atomic E-state index is -1.02. The molecule has 0 heterocycles. The summed E-state index contributed by atoms with van der Waals surface area (Å²) in [7, 11) is 0. The fraction of sp³-hybridized carbons (Fsp3) is 0.385. The molecule has 18 heavy (non-hydrogen) atoms. The first-order valence-corrected chi connectivity index (χ1v) is 5.68. The quantitative estimate of drug-likeness (QED) is 0.882. The number of ketones is 1. The number of carbonyl (C=O) groups is 2. The van der Waals surface area contributed by atoms with E-state index in [9.17, 15) is 18.4 Å². The van der Waals surface area contributed by atoms with Crippen LogP contribution in [0.2, 0.25) is 0 Å². The number of carboxylic acid groups (broad SMARTS) is 1. The van der Waals surface area contributed by atoms with Gasteiger partial charge in [-0.25, -0.2) is 8.78 Å². The molecule has 1 aliphatic carbocycles. The van der Waals surface area contributed by atoms with Crippen LogP contribution in [0, 0.1) is 17.6 Å². The van der Waals surface area contributed by atoms with Crippen LogP contribution >= 0.6 is 0 Å². The number of aliphatic carboxylic acids is 1. The first-order chi connectivity index (χ1) is 8.49. The summed E-state index contributed by atoms with van der Waals surface area (Å²) in [5, 5.41) is 9.10. The van der Waals surface area contributed by atoms with Crippen LogP contribution in [0.15, 0.2) is 18.2 Å². The Morgan fingerprint density at radius 2 is 2.00 bits per heavy atom. The molecule has 2 atom stereocenters. The van der Waals surface area contributed by atoms with Crippen LogP contribution in [0.4, 0.5) is 8.78 Å². The summed E-state index contributed by atoms with van der Waals surface area (Å²) in [4.78, 5) is 22.5. The zero-order valence-electron chi connectivity index (χ0n) is 9.53. The summed E-state index contributed by atoms with van der Waals surface area (Å²) in [6, 6.07) is 3.29. The molecule has 0 spiro atoms. The summed E-state index contributed by atoms with van der Waals surface area (Å²) < 4.78 is 26.0. The van der Waals surface area contributed by atoms with Crippen molar-refractivity contribution >= 4 is 11.8 Å². The van der Waals surface area contributed by atoms with Gasteiger partial charge in [0.1, 0.15) is 5.78 Å². The largest absolute Gasteiger partial charge is 0.481 e. The molecule has 1 fully saturated rings. The Balaban J connectivity index is 2.34. The van der Waals surface area contributed by atoms with E-state index in [0.29, 0.717) is 5.56 Å². The molecular weight excluding hydrogens is 242 g/mol. The first kappa shape index (κ1) is 12.7. The van der Waals surface area contributed by atoms with Gasteiger partial charge >= 0.3 is 5.97 Å². The number of Topliss-reactive ketones (excluding diaryl/α,β-unsaturated/α-hetero) is 1. The van der Waals surface area contributed by atoms with Gasteiger partial charge in [-0.05, 0) is 24.1 Å². The topological polar surface area (TPSA) is 54.4 Å². The highest BCUT2D eigenvalue weighted by Gasteiger charge is 2.35. The highest BCUT2D eigenvalue weighted by atomic mass is 19.2. The van der Waals surface area contributed by atoms with E-state index >= 15 is 0 Å². The molecule has 3 nitrogen and oxygen atoms in total. The average Bonchev–Trinajstić information content (AvgIpc) is 2.32. The monoisotopic (exact) mass is 254 g/mol. The predicted octanol–water partition coefficient (Wildman–Crippen LogP) is 2.50. The van der Waals surface area contributed by atoms with Crippen LogP contribution in [0.5, 0.6) is 0 Å². The summed E-state index contributed by atoms with van der Waals surface area (Å²) in [6.07, 6.45) is 0.553. The number of hydrogen-bond acceptors (Lipinski definition) is 2. The van der Waals surface area contributed by atoms with Crippen molar-refractivity contribution in [3.05, 3.63) is 35.4 Å². The third-order valence-electron chi connectivity index (χ3n) is 3.36. The van der Waals surface area contributed by atoms with Crippen LogP contribution in [-0.2, 0) is 9.59 Å². The van der Waals surface area contributed by atoms with Crippen LogP contribution in [0.1, 0.15) is 30.7 Å². The third-order valence-corrected chi connectivity index (χ3v) is 3.36. The number of benzene rings is 1. The summed E-state index contributed by atoms with van der Waals surface area (Å²) in [5.41, 5.74) is 0.370. The molecule has 0 bridgehead atoms. The lowest BCUT2D eigenvalue weighted by molar-refractivity contribution is -0.144. The third kappa shape index (κ3) is 2.39. The van der Waals surface area contributed by atoms with Crippen molar-refractivity contribution in [2.75, 3.05) is 0 Å². The summed E-state index contributed by atoms with van der Waals surface area (Å²) in [5.74, 6) is -4.33. The smallest absolute Gasteiger partial charge is 0.307 e. The Labute approximate surface area is 102 Å². The van der Waals surface area contributed by atoms with Gasteiger partial charge in [0.2, 0.25) is 0 Å². The number of rotatable bonds is 2. The van der Waals surface area contributed by atoms with Gasteiger partial charge in [0.05, 0.1) is 5.92 Å². The summed E-state index contributed by atoms with van der Waals surface area (Å²) >= 11 is 0. The molecule has 0 saturated heterocycles. The maximum atomic E-state index is 13.2. The maximum absolute atomic E-state index is 13.2. The molecule has 1 aliphatic rings. The van der Waals surface area contributed by atoms with Crippen molar-refractivity contribution in [1.82, 2.24) is 0 Å². The van der Waals surface area contributed by atoms with E-state index in [1.54, 1.807) is 0 Å². The summed E-state index contributed by atoms with van der Waals surface area (Å²) in [6.45, 7) is 0. The Kier molecular flexibility index (Phi) is 3.41. The van der Waals surface area contributed by atoms with Crippen molar-refractivity contribution in [1.29, 1.82) is 0 Å². The minimum absolute atomic E-state index is 0.0396. The molecule has 1 aromatic rings. The Bertz CT molecular complexity index is 499. The van der Waals surface area contributed by atoms with Crippen molar-refractivity contribution in [3.8, 4) is 0 Å². The number of halogens is 2. The second-order valence-electron chi connectivity index (χ2n) is 4.51. The van der Waals surface area contributed by atoms with Gasteiger partial charge in [0, 0.05) is 18.8 Å². The van der Waals surface area contributed by atoms with E-state index in [1.807, 2.05) is 0 Å².